The van der Waals surface area contributed by atoms with Crippen molar-refractivity contribution in [3.8, 4) is 0 Å². The third kappa shape index (κ3) is 2.36. The van der Waals surface area contributed by atoms with E-state index < -0.39 is 5.37 Å². The zero-order valence-electron chi connectivity index (χ0n) is 10.6. The van der Waals surface area contributed by atoms with Gasteiger partial charge in [-0.05, 0) is 44.2 Å². The zero-order chi connectivity index (χ0) is 13.3. The summed E-state index contributed by atoms with van der Waals surface area (Å²) in [5, 5.41) is 2.43. The van der Waals surface area contributed by atoms with Crippen molar-refractivity contribution < 1.29 is 9.59 Å². The van der Waals surface area contributed by atoms with Crippen LogP contribution < -0.4 is 5.32 Å². The number of hydrogen-bond acceptors (Lipinski definition) is 4. The maximum Gasteiger partial charge on any atom is 0.291 e. The second-order valence-corrected chi connectivity index (χ2v) is 5.58. The van der Waals surface area contributed by atoms with E-state index >= 15 is 0 Å². The van der Waals surface area contributed by atoms with Crippen molar-refractivity contribution in [2.24, 2.45) is 0 Å². The van der Waals surface area contributed by atoms with E-state index in [2.05, 4.69) is 5.32 Å². The smallest absolute Gasteiger partial charge is 0.291 e. The average molecular weight is 264 g/mol. The molecule has 0 saturated carbocycles. The molecule has 1 aromatic rings. The van der Waals surface area contributed by atoms with E-state index in [0.717, 1.165) is 23.0 Å². The summed E-state index contributed by atoms with van der Waals surface area (Å²) in [6, 6.07) is 7.62. The normalized spacial score (nSPS) is 19.8. The van der Waals surface area contributed by atoms with E-state index in [1.54, 1.807) is 0 Å². The quantitative estimate of drug-likeness (QED) is 0.912. The largest absolute Gasteiger partial charge is 0.365 e. The average Bonchev–Trinajstić information content (AvgIpc) is 2.57. The molecule has 2 rings (SSSR count). The third-order valence-electron chi connectivity index (χ3n) is 2.83. The Balaban J connectivity index is 2.15. The van der Waals surface area contributed by atoms with E-state index in [0.29, 0.717) is 0 Å². The van der Waals surface area contributed by atoms with Crippen molar-refractivity contribution in [1.82, 2.24) is 4.90 Å². The highest BCUT2D eigenvalue weighted by molar-refractivity contribution is 8.15. The fraction of sp³-hybridized carbons (Fsp3) is 0.385. The molecular formula is C13H16N2O2S. The van der Waals surface area contributed by atoms with Crippen LogP contribution in [0.1, 0.15) is 19.4 Å². The first-order chi connectivity index (χ1) is 8.50. The van der Waals surface area contributed by atoms with Crippen molar-refractivity contribution in [3.05, 3.63) is 29.8 Å². The lowest BCUT2D eigenvalue weighted by Gasteiger charge is -2.18. The molecule has 0 bridgehead atoms. The summed E-state index contributed by atoms with van der Waals surface area (Å²) in [6.07, 6.45) is 0. The van der Waals surface area contributed by atoms with E-state index in [9.17, 15) is 9.59 Å². The first-order valence-electron chi connectivity index (χ1n) is 5.86. The molecular weight excluding hydrogens is 248 g/mol. The van der Waals surface area contributed by atoms with Gasteiger partial charge in [-0.25, -0.2) is 0 Å². The molecule has 0 aliphatic carbocycles. The van der Waals surface area contributed by atoms with Crippen LogP contribution in [0.4, 0.5) is 10.5 Å². The minimum atomic E-state index is -0.513. The van der Waals surface area contributed by atoms with Crippen LogP contribution in [0.2, 0.25) is 0 Å². The molecule has 2 amide bonds. The molecule has 0 radical (unpaired) electrons. The Morgan fingerprint density at radius 1 is 1.28 bits per heavy atom. The van der Waals surface area contributed by atoms with Crippen molar-refractivity contribution in [1.29, 1.82) is 0 Å². The number of imide groups is 1. The molecule has 1 aliphatic heterocycles. The van der Waals surface area contributed by atoms with Crippen LogP contribution in [-0.2, 0) is 4.79 Å². The Labute approximate surface area is 111 Å². The van der Waals surface area contributed by atoms with E-state index in [4.69, 9.17) is 0 Å². The minimum Gasteiger partial charge on any atom is -0.365 e. The molecule has 1 saturated heterocycles. The Bertz CT molecular complexity index is 488. The highest BCUT2D eigenvalue weighted by Gasteiger charge is 2.41. The Hall–Kier alpha value is -1.49. The summed E-state index contributed by atoms with van der Waals surface area (Å²) in [5.41, 5.74) is 1.95. The summed E-state index contributed by atoms with van der Waals surface area (Å²) >= 11 is 1.04. The summed E-state index contributed by atoms with van der Waals surface area (Å²) in [4.78, 5) is 25.1. The molecule has 18 heavy (non-hydrogen) atoms. The van der Waals surface area contributed by atoms with Gasteiger partial charge in [0.25, 0.3) is 11.1 Å². The number of hydrogen-bond donors (Lipinski definition) is 1. The van der Waals surface area contributed by atoms with Gasteiger partial charge in [-0.1, -0.05) is 18.2 Å². The van der Waals surface area contributed by atoms with Gasteiger partial charge in [0.05, 0.1) is 0 Å². The van der Waals surface area contributed by atoms with Crippen LogP contribution in [0.25, 0.3) is 0 Å². The van der Waals surface area contributed by atoms with Crippen LogP contribution in [-0.4, -0.2) is 27.5 Å². The molecule has 0 spiro atoms. The Kier molecular flexibility index (Phi) is 3.61. The lowest BCUT2D eigenvalue weighted by atomic mass is 10.2. The Morgan fingerprint density at radius 2 is 1.94 bits per heavy atom. The van der Waals surface area contributed by atoms with Crippen LogP contribution in [0, 0.1) is 6.92 Å². The van der Waals surface area contributed by atoms with Crippen molar-refractivity contribution in [2.45, 2.75) is 32.2 Å². The van der Waals surface area contributed by atoms with Crippen molar-refractivity contribution >= 4 is 28.6 Å². The predicted molar refractivity (Wildman–Crippen MR) is 73.6 cm³/mol. The molecule has 1 aromatic carbocycles. The molecule has 4 nitrogen and oxygen atoms in total. The Morgan fingerprint density at radius 3 is 2.50 bits per heavy atom. The number of nitrogens with one attached hydrogen (secondary N) is 1. The molecule has 5 heteroatoms. The molecule has 1 heterocycles. The van der Waals surface area contributed by atoms with Crippen molar-refractivity contribution in [3.63, 3.8) is 0 Å². The predicted octanol–water partition coefficient (Wildman–Crippen LogP) is 2.84. The molecule has 1 aliphatic rings. The van der Waals surface area contributed by atoms with Gasteiger partial charge in [0.1, 0.15) is 0 Å². The highest BCUT2D eigenvalue weighted by Crippen LogP contribution is 2.30. The molecule has 0 aromatic heterocycles. The summed E-state index contributed by atoms with van der Waals surface area (Å²) in [7, 11) is 0. The topological polar surface area (TPSA) is 49.4 Å². The zero-order valence-corrected chi connectivity index (χ0v) is 11.5. The van der Waals surface area contributed by atoms with Gasteiger partial charge < -0.3 is 5.32 Å². The van der Waals surface area contributed by atoms with Gasteiger partial charge in [0, 0.05) is 11.7 Å². The van der Waals surface area contributed by atoms with Gasteiger partial charge in [-0.15, -0.1) is 0 Å². The summed E-state index contributed by atoms with van der Waals surface area (Å²) in [6.45, 7) is 5.65. The molecule has 96 valence electrons. The maximum absolute atomic E-state index is 12.1. The van der Waals surface area contributed by atoms with Gasteiger partial charge >= 0.3 is 0 Å². The maximum atomic E-state index is 12.1. The number of rotatable bonds is 3. The highest BCUT2D eigenvalue weighted by atomic mass is 32.2. The third-order valence-corrected chi connectivity index (χ3v) is 3.78. The SMILES string of the molecule is Cc1ccccc1NC1SC(=O)N(C(C)C)C1=O. The first-order valence-corrected chi connectivity index (χ1v) is 6.74. The number of anilines is 1. The first kappa shape index (κ1) is 13.0. The van der Waals surface area contributed by atoms with Crippen LogP contribution in [0.15, 0.2) is 24.3 Å². The number of benzene rings is 1. The van der Waals surface area contributed by atoms with Crippen LogP contribution >= 0.6 is 11.8 Å². The standard InChI is InChI=1S/C13H16N2O2S/c1-8(2)15-12(16)11(18-13(15)17)14-10-7-5-4-6-9(10)3/h4-8,11,14H,1-3H3. The number of para-hydroxylation sites is 1. The van der Waals surface area contributed by atoms with E-state index in [-0.39, 0.29) is 17.2 Å². The van der Waals surface area contributed by atoms with Crippen LogP contribution in [0.3, 0.4) is 0 Å². The van der Waals surface area contributed by atoms with Gasteiger partial charge in [0.15, 0.2) is 5.37 Å². The molecule has 1 N–H and O–H groups in total. The van der Waals surface area contributed by atoms with Gasteiger partial charge in [0.2, 0.25) is 0 Å². The number of aryl methyl sites for hydroxylation is 1. The molecule has 1 unspecified atom stereocenters. The lowest BCUT2D eigenvalue weighted by Crippen LogP contribution is -2.39. The second-order valence-electron chi connectivity index (χ2n) is 4.53. The fourth-order valence-corrected chi connectivity index (χ4v) is 2.87. The summed E-state index contributed by atoms with van der Waals surface area (Å²) in [5.74, 6) is -0.164. The minimum absolute atomic E-state index is 0.0961. The fourth-order valence-electron chi connectivity index (χ4n) is 1.86. The lowest BCUT2D eigenvalue weighted by molar-refractivity contribution is -0.127. The van der Waals surface area contributed by atoms with Crippen molar-refractivity contribution in [2.75, 3.05) is 5.32 Å². The van der Waals surface area contributed by atoms with Crippen LogP contribution in [0.5, 0.6) is 0 Å². The van der Waals surface area contributed by atoms with Gasteiger partial charge in [-0.3, -0.25) is 14.5 Å². The second kappa shape index (κ2) is 5.02. The monoisotopic (exact) mass is 264 g/mol. The van der Waals surface area contributed by atoms with E-state index in [1.165, 1.54) is 4.90 Å². The number of thioether (sulfide) groups is 1. The number of amides is 2. The number of carbonyl (C=O) groups is 2. The molecule has 1 fully saturated rings. The van der Waals surface area contributed by atoms with Gasteiger partial charge in [-0.2, -0.15) is 0 Å². The van der Waals surface area contributed by atoms with E-state index in [1.807, 2.05) is 45.0 Å². The number of nitrogens with zero attached hydrogens (tertiary/aromatic N) is 1. The summed E-state index contributed by atoms with van der Waals surface area (Å²) < 4.78 is 0. The number of carbonyl (C=O) groups excluding carboxylic acids is 2. The molecule has 1 atom stereocenters.